The molecule has 2 N–H and O–H groups in total. The smallest absolute Gasteiger partial charge is 0.275 e. The van der Waals surface area contributed by atoms with Crippen LogP contribution >= 0.6 is 0 Å². The topological polar surface area (TPSA) is 76.1 Å². The third-order valence-corrected chi connectivity index (χ3v) is 4.63. The van der Waals surface area contributed by atoms with Gasteiger partial charge >= 0.3 is 0 Å². The monoisotopic (exact) mass is 376 g/mol. The maximum atomic E-state index is 12.4. The van der Waals surface area contributed by atoms with E-state index in [1.165, 1.54) is 6.20 Å². The Labute approximate surface area is 165 Å². The molecule has 1 aromatic heterocycles. The summed E-state index contributed by atoms with van der Waals surface area (Å²) >= 11 is 0. The highest BCUT2D eigenvalue weighted by Gasteiger charge is 2.10. The molecule has 1 heterocycles. The van der Waals surface area contributed by atoms with Gasteiger partial charge in [-0.2, -0.15) is 0 Å². The van der Waals surface area contributed by atoms with Crippen molar-refractivity contribution in [3.8, 4) is 5.75 Å². The van der Waals surface area contributed by atoms with Crippen molar-refractivity contribution in [2.24, 2.45) is 0 Å². The highest BCUT2D eigenvalue weighted by atomic mass is 16.5. The number of amides is 1. The van der Waals surface area contributed by atoms with Crippen LogP contribution in [0.5, 0.6) is 5.75 Å². The second-order valence-electron chi connectivity index (χ2n) is 6.48. The Bertz CT molecular complexity index is 955. The van der Waals surface area contributed by atoms with Crippen molar-refractivity contribution in [3.63, 3.8) is 0 Å². The van der Waals surface area contributed by atoms with Gasteiger partial charge in [-0.15, -0.1) is 0 Å². The average Bonchev–Trinajstić information content (AvgIpc) is 2.72. The number of aryl methyl sites for hydroxylation is 1. The number of aromatic nitrogens is 2. The number of ether oxygens (including phenoxy) is 1. The molecule has 0 aliphatic heterocycles. The number of para-hydroxylation sites is 1. The molecule has 28 heavy (non-hydrogen) atoms. The largest absolute Gasteiger partial charge is 0.496 e. The van der Waals surface area contributed by atoms with Crippen LogP contribution in [0.25, 0.3) is 0 Å². The van der Waals surface area contributed by atoms with E-state index >= 15 is 0 Å². The van der Waals surface area contributed by atoms with E-state index in [-0.39, 0.29) is 11.6 Å². The quantitative estimate of drug-likeness (QED) is 0.652. The van der Waals surface area contributed by atoms with Gasteiger partial charge < -0.3 is 15.4 Å². The summed E-state index contributed by atoms with van der Waals surface area (Å²) in [5.41, 5.74) is 4.34. The number of rotatable bonds is 7. The van der Waals surface area contributed by atoms with Crippen LogP contribution in [0.2, 0.25) is 0 Å². The second kappa shape index (κ2) is 8.99. The van der Waals surface area contributed by atoms with Crippen molar-refractivity contribution < 1.29 is 9.53 Å². The lowest BCUT2D eigenvalue weighted by Crippen LogP contribution is -2.15. The molecule has 0 aliphatic carbocycles. The molecule has 0 unspecified atom stereocenters. The first-order valence-corrected chi connectivity index (χ1v) is 9.14. The van der Waals surface area contributed by atoms with Gasteiger partial charge in [0, 0.05) is 12.2 Å². The molecule has 3 rings (SSSR count). The molecule has 2 aromatic carbocycles. The SMILES string of the molecule is COc1ccccc1CCNc1cnc(C(=O)Nc2cccc(C)c2C)cn1. The number of hydrogen-bond acceptors (Lipinski definition) is 5. The predicted octanol–water partition coefficient (Wildman–Crippen LogP) is 4.01. The van der Waals surface area contributed by atoms with E-state index < -0.39 is 0 Å². The van der Waals surface area contributed by atoms with Crippen LogP contribution in [0.4, 0.5) is 11.5 Å². The molecular weight excluding hydrogens is 352 g/mol. The molecule has 0 bridgehead atoms. The first-order valence-electron chi connectivity index (χ1n) is 9.14. The van der Waals surface area contributed by atoms with Crippen LogP contribution in [-0.4, -0.2) is 29.5 Å². The zero-order chi connectivity index (χ0) is 19.9. The third kappa shape index (κ3) is 4.65. The Hall–Kier alpha value is -3.41. The Morgan fingerprint density at radius 2 is 1.86 bits per heavy atom. The van der Waals surface area contributed by atoms with Crippen molar-refractivity contribution in [3.05, 3.63) is 77.2 Å². The van der Waals surface area contributed by atoms with Gasteiger partial charge in [0.1, 0.15) is 17.3 Å². The van der Waals surface area contributed by atoms with Crippen molar-refractivity contribution in [2.45, 2.75) is 20.3 Å². The normalized spacial score (nSPS) is 10.4. The summed E-state index contributed by atoms with van der Waals surface area (Å²) in [7, 11) is 1.67. The number of nitrogens with zero attached hydrogens (tertiary/aromatic N) is 2. The van der Waals surface area contributed by atoms with E-state index in [1.54, 1.807) is 13.3 Å². The lowest BCUT2D eigenvalue weighted by Gasteiger charge is -2.11. The maximum absolute atomic E-state index is 12.4. The highest BCUT2D eigenvalue weighted by molar-refractivity contribution is 6.03. The molecule has 0 spiro atoms. The summed E-state index contributed by atoms with van der Waals surface area (Å²) in [5.74, 6) is 1.22. The summed E-state index contributed by atoms with van der Waals surface area (Å²) in [6.07, 6.45) is 3.84. The van der Waals surface area contributed by atoms with Crippen molar-refractivity contribution in [1.82, 2.24) is 9.97 Å². The predicted molar refractivity (Wildman–Crippen MR) is 111 cm³/mol. The maximum Gasteiger partial charge on any atom is 0.275 e. The minimum atomic E-state index is -0.276. The molecule has 0 aliphatic rings. The van der Waals surface area contributed by atoms with Gasteiger partial charge in [0.15, 0.2) is 0 Å². The summed E-state index contributed by atoms with van der Waals surface area (Å²) in [4.78, 5) is 20.9. The molecule has 0 atom stereocenters. The minimum Gasteiger partial charge on any atom is -0.496 e. The second-order valence-corrected chi connectivity index (χ2v) is 6.48. The van der Waals surface area contributed by atoms with E-state index in [0.717, 1.165) is 34.5 Å². The van der Waals surface area contributed by atoms with E-state index in [1.807, 2.05) is 56.3 Å². The Morgan fingerprint density at radius 1 is 1.04 bits per heavy atom. The zero-order valence-corrected chi connectivity index (χ0v) is 16.3. The van der Waals surface area contributed by atoms with Gasteiger partial charge in [0.25, 0.3) is 5.91 Å². The fraction of sp³-hybridized carbons (Fsp3) is 0.227. The van der Waals surface area contributed by atoms with Gasteiger partial charge in [-0.05, 0) is 49.1 Å². The number of carbonyl (C=O) groups is 1. The number of methoxy groups -OCH3 is 1. The number of anilines is 2. The fourth-order valence-electron chi connectivity index (χ4n) is 2.84. The highest BCUT2D eigenvalue weighted by Crippen LogP contribution is 2.19. The van der Waals surface area contributed by atoms with Crippen molar-refractivity contribution >= 4 is 17.4 Å². The van der Waals surface area contributed by atoms with Gasteiger partial charge in [-0.3, -0.25) is 4.79 Å². The first-order chi connectivity index (χ1) is 13.6. The molecule has 0 saturated carbocycles. The van der Waals surface area contributed by atoms with E-state index in [4.69, 9.17) is 4.74 Å². The molecule has 3 aromatic rings. The Balaban J connectivity index is 1.57. The minimum absolute atomic E-state index is 0.274. The van der Waals surface area contributed by atoms with E-state index in [9.17, 15) is 4.79 Å². The number of hydrogen-bond donors (Lipinski definition) is 2. The van der Waals surface area contributed by atoms with Crippen LogP contribution in [0.1, 0.15) is 27.2 Å². The first kappa shape index (κ1) is 19.4. The van der Waals surface area contributed by atoms with Crippen molar-refractivity contribution in [2.75, 3.05) is 24.3 Å². The summed E-state index contributed by atoms with van der Waals surface area (Å²) in [6.45, 7) is 4.67. The van der Waals surface area contributed by atoms with E-state index in [0.29, 0.717) is 12.4 Å². The number of benzene rings is 2. The number of carbonyl (C=O) groups excluding carboxylic acids is 1. The van der Waals surface area contributed by atoms with E-state index in [2.05, 4.69) is 20.6 Å². The van der Waals surface area contributed by atoms with Gasteiger partial charge in [-0.1, -0.05) is 30.3 Å². The third-order valence-electron chi connectivity index (χ3n) is 4.63. The molecule has 1 amide bonds. The summed E-state index contributed by atoms with van der Waals surface area (Å²) < 4.78 is 5.35. The van der Waals surface area contributed by atoms with Crippen LogP contribution in [0.15, 0.2) is 54.9 Å². The molecular formula is C22H24N4O2. The lowest BCUT2D eigenvalue weighted by molar-refractivity contribution is 0.102. The molecule has 144 valence electrons. The van der Waals surface area contributed by atoms with Crippen LogP contribution in [-0.2, 0) is 6.42 Å². The lowest BCUT2D eigenvalue weighted by atomic mass is 10.1. The molecule has 6 heteroatoms. The van der Waals surface area contributed by atoms with Crippen LogP contribution in [0, 0.1) is 13.8 Å². The summed E-state index contributed by atoms with van der Waals surface area (Å²) in [6, 6.07) is 13.7. The number of nitrogens with one attached hydrogen (secondary N) is 2. The molecule has 0 saturated heterocycles. The Kier molecular flexibility index (Phi) is 6.22. The van der Waals surface area contributed by atoms with Gasteiger partial charge in [-0.25, -0.2) is 9.97 Å². The molecule has 0 fully saturated rings. The van der Waals surface area contributed by atoms with Gasteiger partial charge in [0.2, 0.25) is 0 Å². The fourth-order valence-corrected chi connectivity index (χ4v) is 2.84. The van der Waals surface area contributed by atoms with Gasteiger partial charge in [0.05, 0.1) is 19.5 Å². The molecule has 6 nitrogen and oxygen atoms in total. The van der Waals surface area contributed by atoms with Crippen LogP contribution in [0.3, 0.4) is 0 Å². The van der Waals surface area contributed by atoms with Crippen molar-refractivity contribution in [1.29, 1.82) is 0 Å². The zero-order valence-electron chi connectivity index (χ0n) is 16.3. The van der Waals surface area contributed by atoms with Crippen LogP contribution < -0.4 is 15.4 Å². The molecule has 0 radical (unpaired) electrons. The average molecular weight is 376 g/mol. The Morgan fingerprint density at radius 3 is 2.61 bits per heavy atom. The summed E-state index contributed by atoms with van der Waals surface area (Å²) in [5, 5.41) is 6.10. The standard InChI is InChI=1S/C22H24N4O2/c1-15-7-6-9-18(16(15)2)26-22(27)19-13-25-21(14-24-19)23-12-11-17-8-4-5-10-20(17)28-3/h4-10,13-14H,11-12H2,1-3H3,(H,23,25)(H,26,27).